The fourth-order valence-corrected chi connectivity index (χ4v) is 1.93. The maximum absolute atomic E-state index is 12.0. The predicted octanol–water partition coefficient (Wildman–Crippen LogP) is 1.43. The van der Waals surface area contributed by atoms with Gasteiger partial charge in [-0.05, 0) is 25.1 Å². The van der Waals surface area contributed by atoms with Gasteiger partial charge in [-0.1, -0.05) is 11.6 Å². The van der Waals surface area contributed by atoms with Crippen LogP contribution >= 0.6 is 11.6 Å². The van der Waals surface area contributed by atoms with E-state index in [1.807, 2.05) is 6.07 Å². The van der Waals surface area contributed by atoms with Crippen LogP contribution in [0, 0.1) is 17.2 Å². The highest BCUT2D eigenvalue weighted by atomic mass is 35.5. The first-order chi connectivity index (χ1) is 8.95. The van der Waals surface area contributed by atoms with Crippen molar-refractivity contribution in [3.8, 4) is 6.07 Å². The van der Waals surface area contributed by atoms with E-state index in [0.29, 0.717) is 5.56 Å². The summed E-state index contributed by atoms with van der Waals surface area (Å²) >= 11 is 5.95. The number of nitrogens with one attached hydrogen (secondary N) is 1. The summed E-state index contributed by atoms with van der Waals surface area (Å²) in [6.45, 7) is 1.40. The van der Waals surface area contributed by atoms with Crippen LogP contribution in [0.1, 0.15) is 12.5 Å². The average Bonchev–Trinajstić information content (AvgIpc) is 2.38. The van der Waals surface area contributed by atoms with Crippen LogP contribution in [0.2, 0.25) is 5.02 Å². The molecule has 1 aliphatic rings. The number of imide groups is 2. The fraction of sp³-hybridized carbons (Fsp3) is 0.167. The van der Waals surface area contributed by atoms with Gasteiger partial charge in [-0.3, -0.25) is 14.9 Å². The molecule has 0 aromatic heterocycles. The molecule has 19 heavy (non-hydrogen) atoms. The van der Waals surface area contributed by atoms with Gasteiger partial charge in [-0.15, -0.1) is 0 Å². The quantitative estimate of drug-likeness (QED) is 0.786. The highest BCUT2D eigenvalue weighted by Crippen LogP contribution is 2.29. The number of halogens is 1. The van der Waals surface area contributed by atoms with E-state index in [1.165, 1.54) is 25.1 Å². The third-order valence-corrected chi connectivity index (χ3v) is 3.04. The molecule has 1 atom stereocenters. The van der Waals surface area contributed by atoms with Crippen molar-refractivity contribution in [2.24, 2.45) is 5.92 Å². The lowest BCUT2D eigenvalue weighted by molar-refractivity contribution is -0.133. The Hall–Kier alpha value is -2.39. The summed E-state index contributed by atoms with van der Waals surface area (Å²) in [5.74, 6) is -2.26. The Bertz CT molecular complexity index is 636. The number of carbonyl (C=O) groups excluding carboxylic acids is 3. The summed E-state index contributed by atoms with van der Waals surface area (Å²) in [7, 11) is 0. The van der Waals surface area contributed by atoms with Gasteiger partial charge in [0.2, 0.25) is 11.8 Å². The Morgan fingerprint density at radius 1 is 1.37 bits per heavy atom. The summed E-state index contributed by atoms with van der Waals surface area (Å²) in [5.41, 5.74) is 0.449. The number of hydrogen-bond donors (Lipinski definition) is 1. The van der Waals surface area contributed by atoms with E-state index in [1.54, 1.807) is 0 Å². The summed E-state index contributed by atoms with van der Waals surface area (Å²) in [6, 6.07) is 5.22. The van der Waals surface area contributed by atoms with Gasteiger partial charge in [0.25, 0.3) is 0 Å². The molecule has 1 aromatic rings. The van der Waals surface area contributed by atoms with Crippen LogP contribution in [0.4, 0.5) is 10.5 Å². The highest BCUT2D eigenvalue weighted by Gasteiger charge is 2.39. The molecule has 96 valence electrons. The third-order valence-electron chi connectivity index (χ3n) is 2.74. The van der Waals surface area contributed by atoms with E-state index in [4.69, 9.17) is 16.9 Å². The zero-order chi connectivity index (χ0) is 14.2. The number of urea groups is 1. The molecule has 1 N–H and O–H groups in total. The number of benzene rings is 1. The van der Waals surface area contributed by atoms with Gasteiger partial charge < -0.3 is 0 Å². The van der Waals surface area contributed by atoms with Crippen molar-refractivity contribution in [2.75, 3.05) is 4.90 Å². The fourth-order valence-electron chi connectivity index (χ4n) is 1.66. The van der Waals surface area contributed by atoms with Crippen molar-refractivity contribution in [3.05, 3.63) is 28.8 Å². The van der Waals surface area contributed by atoms with Crippen molar-refractivity contribution < 1.29 is 14.4 Å². The molecule has 0 aliphatic carbocycles. The van der Waals surface area contributed by atoms with E-state index in [2.05, 4.69) is 5.32 Å². The lowest BCUT2D eigenvalue weighted by atomic mass is 10.1. The van der Waals surface area contributed by atoms with E-state index in [9.17, 15) is 14.4 Å². The van der Waals surface area contributed by atoms with Crippen molar-refractivity contribution in [2.45, 2.75) is 6.92 Å². The van der Waals surface area contributed by atoms with Gasteiger partial charge in [-0.25, -0.2) is 9.69 Å². The van der Waals surface area contributed by atoms with Crippen molar-refractivity contribution in [1.82, 2.24) is 5.32 Å². The first kappa shape index (κ1) is 13.1. The molecule has 1 fully saturated rings. The lowest BCUT2D eigenvalue weighted by Gasteiger charge is -2.28. The molecule has 2 rings (SSSR count). The number of nitriles is 1. The number of rotatable bonds is 1. The molecule has 6 nitrogen and oxygen atoms in total. The van der Waals surface area contributed by atoms with Gasteiger partial charge in [-0.2, -0.15) is 5.26 Å². The van der Waals surface area contributed by atoms with Gasteiger partial charge in [0.1, 0.15) is 5.92 Å². The minimum absolute atomic E-state index is 0.0871. The van der Waals surface area contributed by atoms with Crippen LogP contribution in [0.25, 0.3) is 0 Å². The molecule has 0 saturated carbocycles. The number of hydrogen-bond acceptors (Lipinski definition) is 4. The Morgan fingerprint density at radius 2 is 2.05 bits per heavy atom. The Kier molecular flexibility index (Phi) is 3.23. The molecule has 7 heteroatoms. The van der Waals surface area contributed by atoms with Crippen molar-refractivity contribution in [1.29, 1.82) is 5.26 Å². The van der Waals surface area contributed by atoms with Crippen LogP contribution in [0.15, 0.2) is 18.2 Å². The first-order valence-electron chi connectivity index (χ1n) is 5.34. The molecule has 0 bridgehead atoms. The molecule has 1 heterocycles. The van der Waals surface area contributed by atoms with Gasteiger partial charge in [0.05, 0.1) is 22.3 Å². The monoisotopic (exact) mass is 277 g/mol. The second kappa shape index (κ2) is 4.71. The van der Waals surface area contributed by atoms with E-state index in [-0.39, 0.29) is 10.7 Å². The smallest absolute Gasteiger partial charge is 0.277 e. The Balaban J connectivity index is 2.46. The molecule has 1 aliphatic heterocycles. The summed E-state index contributed by atoms with van der Waals surface area (Å²) < 4.78 is 0. The molecule has 4 amide bonds. The van der Waals surface area contributed by atoms with Crippen LogP contribution < -0.4 is 10.2 Å². The SMILES string of the molecule is CC1C(=O)NC(=O)N(c2ccc(C#N)cc2Cl)C1=O. The molecule has 0 radical (unpaired) electrons. The van der Waals surface area contributed by atoms with Crippen LogP contribution in [0.3, 0.4) is 0 Å². The number of carbonyl (C=O) groups is 3. The van der Waals surface area contributed by atoms with E-state index in [0.717, 1.165) is 4.90 Å². The molecule has 1 saturated heterocycles. The van der Waals surface area contributed by atoms with Gasteiger partial charge in [0, 0.05) is 0 Å². The standard InChI is InChI=1S/C12H8ClN3O3/c1-6-10(17)15-12(19)16(11(6)18)9-3-2-7(5-14)4-8(9)13/h2-4,6H,1H3,(H,15,17,19). The Morgan fingerprint density at radius 3 is 2.63 bits per heavy atom. The maximum Gasteiger partial charge on any atom is 0.335 e. The number of barbiturate groups is 1. The average molecular weight is 278 g/mol. The minimum atomic E-state index is -0.968. The first-order valence-corrected chi connectivity index (χ1v) is 5.72. The van der Waals surface area contributed by atoms with Crippen LogP contribution in [-0.2, 0) is 9.59 Å². The molecule has 1 unspecified atom stereocenters. The predicted molar refractivity (Wildman–Crippen MR) is 66.4 cm³/mol. The number of amides is 4. The number of nitrogens with zero attached hydrogens (tertiary/aromatic N) is 2. The lowest BCUT2D eigenvalue weighted by Crippen LogP contribution is -2.57. The zero-order valence-electron chi connectivity index (χ0n) is 9.81. The van der Waals surface area contributed by atoms with Crippen molar-refractivity contribution in [3.63, 3.8) is 0 Å². The minimum Gasteiger partial charge on any atom is -0.277 e. The molecule has 1 aromatic carbocycles. The van der Waals surface area contributed by atoms with E-state index < -0.39 is 23.8 Å². The van der Waals surface area contributed by atoms with Crippen LogP contribution in [-0.4, -0.2) is 17.8 Å². The largest absolute Gasteiger partial charge is 0.335 e. The third kappa shape index (κ3) is 2.16. The van der Waals surface area contributed by atoms with Gasteiger partial charge in [0.15, 0.2) is 0 Å². The normalized spacial score (nSPS) is 19.1. The molecular formula is C12H8ClN3O3. The molecular weight excluding hydrogens is 270 g/mol. The van der Waals surface area contributed by atoms with Crippen LogP contribution in [0.5, 0.6) is 0 Å². The zero-order valence-corrected chi connectivity index (χ0v) is 10.6. The second-order valence-corrected chi connectivity index (χ2v) is 4.37. The highest BCUT2D eigenvalue weighted by molar-refractivity contribution is 6.36. The summed E-state index contributed by atoms with van der Waals surface area (Å²) in [6.07, 6.45) is 0. The summed E-state index contributed by atoms with van der Waals surface area (Å²) in [4.78, 5) is 35.8. The second-order valence-electron chi connectivity index (χ2n) is 3.97. The maximum atomic E-state index is 12.0. The summed E-state index contributed by atoms with van der Waals surface area (Å²) in [5, 5.41) is 10.9. The molecule has 0 spiro atoms. The Labute approximate surface area is 113 Å². The van der Waals surface area contributed by atoms with Crippen molar-refractivity contribution >= 4 is 35.1 Å². The number of anilines is 1. The van der Waals surface area contributed by atoms with Gasteiger partial charge >= 0.3 is 6.03 Å². The topological polar surface area (TPSA) is 90.3 Å². The van der Waals surface area contributed by atoms with E-state index >= 15 is 0 Å².